The Kier molecular flexibility index (Phi) is 3.69. The molecule has 1 unspecified atom stereocenters. The maximum Gasteiger partial charge on any atom is 0.408 e. The summed E-state index contributed by atoms with van der Waals surface area (Å²) in [5.74, 6) is 0. The minimum Gasteiger partial charge on any atom is -0.380 e. The molecule has 1 saturated heterocycles. The lowest BCUT2D eigenvalue weighted by atomic mass is 10.0. The fraction of sp³-hybridized carbons (Fsp3) is 0.250. The van der Waals surface area contributed by atoms with Crippen LogP contribution >= 0.6 is 11.1 Å². The van der Waals surface area contributed by atoms with E-state index >= 15 is 0 Å². The molecule has 2 nitrogen and oxygen atoms in total. The highest BCUT2D eigenvalue weighted by Crippen LogP contribution is 2.38. The van der Waals surface area contributed by atoms with Gasteiger partial charge in [0.1, 0.15) is 0 Å². The monoisotopic (exact) mass is 303 g/mol. The first kappa shape index (κ1) is 13.8. The molecule has 0 bridgehead atoms. The number of halogens is 1. The van der Waals surface area contributed by atoms with E-state index in [4.69, 9.17) is 15.5 Å². The quantitative estimate of drug-likeness (QED) is 0.624. The van der Waals surface area contributed by atoms with Crippen LogP contribution in [0.15, 0.2) is 60.7 Å². The van der Waals surface area contributed by atoms with E-state index in [0.29, 0.717) is 0 Å². The van der Waals surface area contributed by atoms with E-state index in [1.807, 2.05) is 36.4 Å². The molecule has 1 aliphatic heterocycles. The zero-order valence-corrected chi connectivity index (χ0v) is 13.4. The van der Waals surface area contributed by atoms with Gasteiger partial charge in [-0.15, -0.1) is 11.1 Å². The summed E-state index contributed by atoms with van der Waals surface area (Å²) in [6.07, 6.45) is 0.0329. The number of benzene rings is 2. The molecule has 3 rings (SSSR count). The molecule has 2 aromatic carbocycles. The van der Waals surface area contributed by atoms with Crippen molar-refractivity contribution in [3.63, 3.8) is 0 Å². The van der Waals surface area contributed by atoms with Crippen molar-refractivity contribution in [2.24, 2.45) is 0 Å². The molecule has 20 heavy (non-hydrogen) atoms. The minimum atomic E-state index is -2.57. The highest BCUT2D eigenvalue weighted by atomic mass is 35.6. The second-order valence-corrected chi connectivity index (χ2v) is 9.41. The van der Waals surface area contributed by atoms with Gasteiger partial charge in [-0.2, -0.15) is 0 Å². The standard InChI is InChI=1S/C16H18ClNOSi/c1-13-16(14-9-5-3-6-10-14)19-20(17,18(13)2)15-11-7-4-8-12-15/h3-13,16H,1-2H3/t13-,16+,20?/m0/s1. The van der Waals surface area contributed by atoms with Gasteiger partial charge in [0.05, 0.1) is 6.10 Å². The summed E-state index contributed by atoms with van der Waals surface area (Å²) >= 11 is 6.93. The SMILES string of the molecule is C[C@H]1[C@H](c2ccccc2)O[Si](Cl)(c2ccccc2)N1C. The highest BCUT2D eigenvalue weighted by molar-refractivity contribution is 7.22. The molecule has 0 N–H and O–H groups in total. The largest absolute Gasteiger partial charge is 0.408 e. The lowest BCUT2D eigenvalue weighted by molar-refractivity contribution is 0.209. The summed E-state index contributed by atoms with van der Waals surface area (Å²) < 4.78 is 8.60. The molecule has 0 saturated carbocycles. The van der Waals surface area contributed by atoms with E-state index in [0.717, 1.165) is 5.19 Å². The Balaban J connectivity index is 1.97. The van der Waals surface area contributed by atoms with Crippen molar-refractivity contribution in [2.75, 3.05) is 7.05 Å². The van der Waals surface area contributed by atoms with Gasteiger partial charge in [-0.3, -0.25) is 4.57 Å². The van der Waals surface area contributed by atoms with Gasteiger partial charge in [-0.1, -0.05) is 60.7 Å². The summed E-state index contributed by atoms with van der Waals surface area (Å²) in [4.78, 5) is 0. The Morgan fingerprint density at radius 2 is 1.55 bits per heavy atom. The van der Waals surface area contributed by atoms with Gasteiger partial charge >= 0.3 is 7.79 Å². The minimum absolute atomic E-state index is 0.0329. The Morgan fingerprint density at radius 1 is 1.00 bits per heavy atom. The maximum atomic E-state index is 6.93. The molecule has 0 spiro atoms. The van der Waals surface area contributed by atoms with Crippen molar-refractivity contribution in [1.29, 1.82) is 0 Å². The molecule has 1 heterocycles. The fourth-order valence-electron chi connectivity index (χ4n) is 2.72. The Labute approximate surface area is 125 Å². The Hall–Kier alpha value is -1.13. The normalized spacial score (nSPS) is 30.6. The number of hydrogen-bond donors (Lipinski definition) is 0. The second kappa shape index (κ2) is 5.33. The molecule has 104 valence electrons. The molecular formula is C16H18ClNOSi. The van der Waals surface area contributed by atoms with Gasteiger partial charge in [0.15, 0.2) is 0 Å². The van der Waals surface area contributed by atoms with Gasteiger partial charge in [0.25, 0.3) is 0 Å². The van der Waals surface area contributed by atoms with Crippen molar-refractivity contribution in [2.45, 2.75) is 19.1 Å². The van der Waals surface area contributed by atoms with E-state index in [-0.39, 0.29) is 12.1 Å². The number of hydrogen-bond acceptors (Lipinski definition) is 2. The average Bonchev–Trinajstić information content (AvgIpc) is 2.75. The van der Waals surface area contributed by atoms with Crippen LogP contribution in [0.1, 0.15) is 18.6 Å². The van der Waals surface area contributed by atoms with Gasteiger partial charge in [-0.05, 0) is 24.7 Å². The highest BCUT2D eigenvalue weighted by Gasteiger charge is 2.53. The zero-order chi connectivity index (χ0) is 14.2. The van der Waals surface area contributed by atoms with Crippen molar-refractivity contribution in [1.82, 2.24) is 4.57 Å². The summed E-state index contributed by atoms with van der Waals surface area (Å²) in [5.41, 5.74) is 1.19. The van der Waals surface area contributed by atoms with Gasteiger partial charge in [0.2, 0.25) is 0 Å². The summed E-state index contributed by atoms with van der Waals surface area (Å²) in [6, 6.07) is 20.8. The Bertz CT molecular complexity index is 580. The van der Waals surface area contributed by atoms with E-state index in [1.54, 1.807) is 0 Å². The molecule has 0 radical (unpaired) electrons. The van der Waals surface area contributed by atoms with E-state index in [9.17, 15) is 0 Å². The van der Waals surface area contributed by atoms with Crippen LogP contribution in [0.25, 0.3) is 0 Å². The van der Waals surface area contributed by atoms with Crippen LogP contribution in [-0.2, 0) is 4.43 Å². The summed E-state index contributed by atoms with van der Waals surface area (Å²) in [5, 5.41) is 1.11. The molecule has 0 aromatic heterocycles. The maximum absolute atomic E-state index is 6.93. The van der Waals surface area contributed by atoms with E-state index < -0.39 is 7.79 Å². The van der Waals surface area contributed by atoms with Crippen LogP contribution in [0, 0.1) is 0 Å². The molecule has 3 atom stereocenters. The van der Waals surface area contributed by atoms with Crippen LogP contribution in [0.5, 0.6) is 0 Å². The van der Waals surface area contributed by atoms with Gasteiger partial charge < -0.3 is 4.43 Å². The van der Waals surface area contributed by atoms with Gasteiger partial charge in [0, 0.05) is 6.04 Å². The molecule has 1 aliphatic rings. The topological polar surface area (TPSA) is 12.5 Å². The number of nitrogens with zero attached hydrogens (tertiary/aromatic N) is 1. The fourth-order valence-corrected chi connectivity index (χ4v) is 6.49. The predicted molar refractivity (Wildman–Crippen MR) is 85.2 cm³/mol. The molecule has 4 heteroatoms. The molecule has 2 aromatic rings. The lowest BCUT2D eigenvalue weighted by Gasteiger charge is -2.26. The average molecular weight is 304 g/mol. The zero-order valence-electron chi connectivity index (χ0n) is 11.7. The first-order valence-corrected chi connectivity index (χ1v) is 9.70. The van der Waals surface area contributed by atoms with Crippen molar-refractivity contribution in [3.05, 3.63) is 66.2 Å². The first-order valence-electron chi connectivity index (χ1n) is 6.83. The third-order valence-electron chi connectivity index (χ3n) is 4.04. The van der Waals surface area contributed by atoms with Gasteiger partial charge in [-0.25, -0.2) is 0 Å². The molecule has 0 aliphatic carbocycles. The van der Waals surface area contributed by atoms with Crippen molar-refractivity contribution in [3.8, 4) is 0 Å². The van der Waals surface area contributed by atoms with Crippen molar-refractivity contribution < 1.29 is 4.43 Å². The molecule has 1 fully saturated rings. The van der Waals surface area contributed by atoms with Crippen LogP contribution in [0.4, 0.5) is 0 Å². The first-order chi connectivity index (χ1) is 9.63. The van der Waals surface area contributed by atoms with E-state index in [2.05, 4.69) is 42.8 Å². The third-order valence-corrected chi connectivity index (χ3v) is 8.69. The third kappa shape index (κ3) is 2.21. The second-order valence-electron chi connectivity index (χ2n) is 5.23. The number of likely N-dealkylation sites (N-methyl/N-ethyl adjacent to an activating group) is 1. The van der Waals surface area contributed by atoms with E-state index in [1.165, 1.54) is 5.56 Å². The van der Waals surface area contributed by atoms with Crippen LogP contribution in [-0.4, -0.2) is 25.4 Å². The number of rotatable bonds is 2. The van der Waals surface area contributed by atoms with Crippen LogP contribution < -0.4 is 5.19 Å². The molecular weight excluding hydrogens is 286 g/mol. The summed E-state index contributed by atoms with van der Waals surface area (Å²) in [7, 11) is -0.500. The molecule has 0 amide bonds. The predicted octanol–water partition coefficient (Wildman–Crippen LogP) is 3.16. The van der Waals surface area contributed by atoms with Crippen LogP contribution in [0.3, 0.4) is 0 Å². The van der Waals surface area contributed by atoms with Crippen molar-refractivity contribution >= 4 is 24.1 Å². The van der Waals surface area contributed by atoms with Crippen LogP contribution in [0.2, 0.25) is 0 Å². The lowest BCUT2D eigenvalue weighted by Crippen LogP contribution is -2.55. The smallest absolute Gasteiger partial charge is 0.380 e. The Morgan fingerprint density at radius 3 is 2.15 bits per heavy atom. The summed E-state index contributed by atoms with van der Waals surface area (Å²) in [6.45, 7) is 2.18.